The molecular weight excluding hydrogens is 527 g/mol. The van der Waals surface area contributed by atoms with E-state index in [0.29, 0.717) is 0 Å². The van der Waals surface area contributed by atoms with Gasteiger partial charge in [0.1, 0.15) is 0 Å². The number of sulfonamides is 1. The number of nitrogens with zero attached hydrogens (tertiary/aromatic N) is 2. The third-order valence-corrected chi connectivity index (χ3v) is 6.92. The molecular formula is C25H24F3N3O6S. The quantitative estimate of drug-likeness (QED) is 0.417. The molecule has 0 atom stereocenters. The van der Waals surface area contributed by atoms with Crippen molar-refractivity contribution in [3.63, 3.8) is 0 Å². The second-order valence-corrected chi connectivity index (χ2v) is 9.75. The minimum absolute atomic E-state index is 0.0445. The first-order valence-corrected chi connectivity index (χ1v) is 12.7. The highest BCUT2D eigenvalue weighted by Gasteiger charge is 2.38. The van der Waals surface area contributed by atoms with Crippen LogP contribution in [0, 0.1) is 0 Å². The molecule has 202 valence electrons. The van der Waals surface area contributed by atoms with Gasteiger partial charge in [-0.3, -0.25) is 4.72 Å². The molecule has 0 unspecified atom stereocenters. The van der Waals surface area contributed by atoms with E-state index >= 15 is 0 Å². The number of piperazine rings is 1. The molecule has 1 saturated heterocycles. The fourth-order valence-electron chi connectivity index (χ4n) is 3.66. The third-order valence-electron chi connectivity index (χ3n) is 5.54. The standard InChI is InChI=1S/C23H23N3O4S.C2HF3O2/c27-23(28)21-17-19(26-15-13-25(14-16-26)18-7-3-1-4-8-18)11-12-22(21)24-31(29,30)20-9-5-2-6-10-20;3-2(4,5)1(6)7/h1-12,17,24H,13-16H2,(H,27,28);(H,6,7). The minimum atomic E-state index is -5.08. The zero-order valence-electron chi connectivity index (χ0n) is 19.8. The Morgan fingerprint density at radius 2 is 1.24 bits per heavy atom. The van der Waals surface area contributed by atoms with Crippen LogP contribution in [0.1, 0.15) is 10.4 Å². The molecule has 1 aliphatic heterocycles. The van der Waals surface area contributed by atoms with Crippen molar-refractivity contribution >= 4 is 39.0 Å². The van der Waals surface area contributed by atoms with Crippen LogP contribution in [-0.4, -0.2) is 62.9 Å². The molecule has 1 aliphatic rings. The number of hydrogen-bond donors (Lipinski definition) is 3. The summed E-state index contributed by atoms with van der Waals surface area (Å²) in [6.07, 6.45) is -5.08. The number of aromatic carboxylic acids is 1. The molecule has 3 N–H and O–H groups in total. The summed E-state index contributed by atoms with van der Waals surface area (Å²) in [4.78, 5) is 25.2. The van der Waals surface area contributed by atoms with E-state index in [1.165, 1.54) is 30.0 Å². The lowest BCUT2D eigenvalue weighted by atomic mass is 10.1. The lowest BCUT2D eigenvalue weighted by Gasteiger charge is -2.37. The van der Waals surface area contributed by atoms with Gasteiger partial charge in [-0.15, -0.1) is 0 Å². The van der Waals surface area contributed by atoms with Gasteiger partial charge in [0.05, 0.1) is 16.1 Å². The first-order valence-electron chi connectivity index (χ1n) is 11.2. The Bertz CT molecular complexity index is 1360. The first-order chi connectivity index (χ1) is 17.9. The van der Waals surface area contributed by atoms with Crippen molar-refractivity contribution in [2.75, 3.05) is 40.7 Å². The normalized spacial score (nSPS) is 13.8. The maximum atomic E-state index is 12.6. The number of aliphatic carboxylic acids is 1. The molecule has 0 amide bonds. The van der Waals surface area contributed by atoms with Crippen LogP contribution in [0.5, 0.6) is 0 Å². The first kappa shape index (κ1) is 28.3. The van der Waals surface area contributed by atoms with E-state index in [1.807, 2.05) is 18.2 Å². The minimum Gasteiger partial charge on any atom is -0.478 e. The molecule has 3 aromatic rings. The Balaban J connectivity index is 0.000000505. The lowest BCUT2D eigenvalue weighted by molar-refractivity contribution is -0.192. The van der Waals surface area contributed by atoms with Crippen LogP contribution in [0.3, 0.4) is 0 Å². The monoisotopic (exact) mass is 551 g/mol. The van der Waals surface area contributed by atoms with Crippen molar-refractivity contribution in [3.05, 3.63) is 84.4 Å². The number of carboxylic acid groups (broad SMARTS) is 2. The molecule has 0 aromatic heterocycles. The van der Waals surface area contributed by atoms with Crippen LogP contribution >= 0.6 is 0 Å². The number of nitrogens with one attached hydrogen (secondary N) is 1. The molecule has 0 radical (unpaired) electrons. The molecule has 9 nitrogen and oxygen atoms in total. The smallest absolute Gasteiger partial charge is 0.478 e. The summed E-state index contributed by atoms with van der Waals surface area (Å²) >= 11 is 0. The summed E-state index contributed by atoms with van der Waals surface area (Å²) in [5, 5.41) is 16.8. The van der Waals surface area contributed by atoms with E-state index in [2.05, 4.69) is 26.7 Å². The summed E-state index contributed by atoms with van der Waals surface area (Å²) in [6.45, 7) is 3.11. The summed E-state index contributed by atoms with van der Waals surface area (Å²) in [7, 11) is -3.88. The summed E-state index contributed by atoms with van der Waals surface area (Å²) < 4.78 is 59.4. The maximum absolute atomic E-state index is 12.6. The van der Waals surface area contributed by atoms with Gasteiger partial charge in [0.25, 0.3) is 10.0 Å². The predicted molar refractivity (Wildman–Crippen MR) is 135 cm³/mol. The SMILES string of the molecule is O=C(O)C(F)(F)F.O=C(O)c1cc(N2CCN(c3ccccc3)CC2)ccc1NS(=O)(=O)c1ccccc1. The van der Waals surface area contributed by atoms with Gasteiger partial charge in [-0.25, -0.2) is 18.0 Å². The molecule has 0 spiro atoms. The number of hydrogen-bond acceptors (Lipinski definition) is 6. The van der Waals surface area contributed by atoms with Crippen LogP contribution in [0.4, 0.5) is 30.2 Å². The Labute approximate surface area is 216 Å². The lowest BCUT2D eigenvalue weighted by Crippen LogP contribution is -2.46. The van der Waals surface area contributed by atoms with Crippen molar-refractivity contribution in [1.82, 2.24) is 0 Å². The Morgan fingerprint density at radius 1 is 0.763 bits per heavy atom. The molecule has 0 aliphatic carbocycles. The van der Waals surface area contributed by atoms with Gasteiger partial charge in [0.2, 0.25) is 0 Å². The van der Waals surface area contributed by atoms with Crippen molar-refractivity contribution < 1.29 is 41.4 Å². The molecule has 4 rings (SSSR count). The van der Waals surface area contributed by atoms with E-state index in [-0.39, 0.29) is 16.1 Å². The number of rotatable bonds is 6. The molecule has 3 aromatic carbocycles. The van der Waals surface area contributed by atoms with Gasteiger partial charge >= 0.3 is 18.1 Å². The van der Waals surface area contributed by atoms with Gasteiger partial charge in [0, 0.05) is 37.6 Å². The maximum Gasteiger partial charge on any atom is 0.490 e. The number of halogens is 3. The zero-order valence-corrected chi connectivity index (χ0v) is 20.6. The number of alkyl halides is 3. The average molecular weight is 552 g/mol. The molecule has 13 heteroatoms. The second-order valence-electron chi connectivity index (χ2n) is 8.07. The van der Waals surface area contributed by atoms with Gasteiger partial charge in [-0.1, -0.05) is 36.4 Å². The van der Waals surface area contributed by atoms with E-state index in [4.69, 9.17) is 9.90 Å². The summed E-state index contributed by atoms with van der Waals surface area (Å²) in [6, 6.07) is 22.8. The number of carbonyl (C=O) groups is 2. The summed E-state index contributed by atoms with van der Waals surface area (Å²) in [5.74, 6) is -3.94. The largest absolute Gasteiger partial charge is 0.490 e. The third kappa shape index (κ3) is 7.38. The molecule has 1 fully saturated rings. The Morgan fingerprint density at radius 3 is 1.71 bits per heavy atom. The van der Waals surface area contributed by atoms with Crippen molar-refractivity contribution in [3.8, 4) is 0 Å². The number of para-hydroxylation sites is 1. The number of anilines is 3. The van der Waals surface area contributed by atoms with E-state index in [9.17, 15) is 31.5 Å². The summed E-state index contributed by atoms with van der Waals surface area (Å²) in [5.41, 5.74) is 1.89. The Kier molecular flexibility index (Phi) is 8.84. The van der Waals surface area contributed by atoms with Crippen LogP contribution < -0.4 is 14.5 Å². The van der Waals surface area contributed by atoms with Gasteiger partial charge in [-0.2, -0.15) is 13.2 Å². The van der Waals surface area contributed by atoms with Crippen LogP contribution in [0.2, 0.25) is 0 Å². The second kappa shape index (κ2) is 11.9. The van der Waals surface area contributed by atoms with E-state index in [1.54, 1.807) is 24.3 Å². The molecule has 38 heavy (non-hydrogen) atoms. The van der Waals surface area contributed by atoms with E-state index in [0.717, 1.165) is 31.9 Å². The van der Waals surface area contributed by atoms with E-state index < -0.39 is 28.1 Å². The van der Waals surface area contributed by atoms with Gasteiger partial charge in [0.15, 0.2) is 0 Å². The fraction of sp³-hybridized carbons (Fsp3) is 0.200. The van der Waals surface area contributed by atoms with Gasteiger partial charge in [-0.05, 0) is 42.5 Å². The zero-order chi connectivity index (χ0) is 27.9. The highest BCUT2D eigenvalue weighted by molar-refractivity contribution is 7.92. The van der Waals surface area contributed by atoms with Crippen molar-refractivity contribution in [2.45, 2.75) is 11.1 Å². The Hall–Kier alpha value is -4.26. The fourth-order valence-corrected chi connectivity index (χ4v) is 4.76. The van der Waals surface area contributed by atoms with Crippen LogP contribution in [0.15, 0.2) is 83.8 Å². The highest BCUT2D eigenvalue weighted by atomic mass is 32.2. The molecule has 0 bridgehead atoms. The molecule has 0 saturated carbocycles. The molecule has 1 heterocycles. The van der Waals surface area contributed by atoms with Crippen LogP contribution in [-0.2, 0) is 14.8 Å². The van der Waals surface area contributed by atoms with Crippen molar-refractivity contribution in [1.29, 1.82) is 0 Å². The highest BCUT2D eigenvalue weighted by Crippen LogP contribution is 2.27. The van der Waals surface area contributed by atoms with Crippen molar-refractivity contribution in [2.24, 2.45) is 0 Å². The predicted octanol–water partition coefficient (Wildman–Crippen LogP) is 4.15. The number of carboxylic acids is 2. The average Bonchev–Trinajstić information content (AvgIpc) is 2.89. The number of benzene rings is 3. The van der Waals surface area contributed by atoms with Crippen LogP contribution in [0.25, 0.3) is 0 Å². The van der Waals surface area contributed by atoms with Gasteiger partial charge < -0.3 is 20.0 Å². The topological polar surface area (TPSA) is 127 Å².